The van der Waals surface area contributed by atoms with Gasteiger partial charge in [-0.05, 0) is 41.1 Å². The van der Waals surface area contributed by atoms with Crippen LogP contribution < -0.4 is 5.32 Å². The molecule has 0 bridgehead atoms. The van der Waals surface area contributed by atoms with Gasteiger partial charge in [0, 0.05) is 17.2 Å². The minimum Gasteiger partial charge on any atom is -0.339 e. The molecule has 0 saturated heterocycles. The van der Waals surface area contributed by atoms with Gasteiger partial charge in [-0.2, -0.15) is 10.4 Å². The normalized spacial score (nSPS) is 10.2. The van der Waals surface area contributed by atoms with Gasteiger partial charge in [-0.1, -0.05) is 11.6 Å². The molecule has 2 aromatic rings. The van der Waals surface area contributed by atoms with Crippen LogP contribution >= 0.6 is 27.5 Å². The van der Waals surface area contributed by atoms with E-state index in [1.807, 2.05) is 12.1 Å². The van der Waals surface area contributed by atoms with Crippen LogP contribution in [0.25, 0.3) is 0 Å². The van der Waals surface area contributed by atoms with Crippen LogP contribution in [0.4, 0.5) is 11.5 Å². The zero-order valence-corrected chi connectivity index (χ0v) is 12.2. The van der Waals surface area contributed by atoms with Gasteiger partial charge < -0.3 is 5.32 Å². The maximum atomic E-state index is 9.11. The Bertz CT molecular complexity index is 642. The van der Waals surface area contributed by atoms with Crippen LogP contribution in [-0.2, 0) is 7.05 Å². The van der Waals surface area contributed by atoms with Crippen molar-refractivity contribution in [2.45, 2.75) is 6.92 Å². The predicted octanol–water partition coefficient (Wildman–Crippen LogP) is 3.76. The number of halogens is 2. The molecule has 4 nitrogen and oxygen atoms in total. The molecule has 0 saturated carbocycles. The first kappa shape index (κ1) is 12.9. The van der Waals surface area contributed by atoms with E-state index in [-0.39, 0.29) is 0 Å². The fourth-order valence-electron chi connectivity index (χ4n) is 1.65. The van der Waals surface area contributed by atoms with Crippen LogP contribution in [0.1, 0.15) is 11.3 Å². The lowest BCUT2D eigenvalue weighted by Crippen LogP contribution is -2.00. The van der Waals surface area contributed by atoms with Crippen LogP contribution in [0.5, 0.6) is 0 Å². The summed E-state index contributed by atoms with van der Waals surface area (Å²) in [5.74, 6) is 0.661. The van der Waals surface area contributed by atoms with E-state index >= 15 is 0 Å². The largest absolute Gasteiger partial charge is 0.339 e. The molecule has 6 heteroatoms. The molecule has 0 atom stereocenters. The zero-order valence-electron chi connectivity index (χ0n) is 9.83. The van der Waals surface area contributed by atoms with Crippen molar-refractivity contribution in [1.29, 1.82) is 5.26 Å². The summed E-state index contributed by atoms with van der Waals surface area (Å²) >= 11 is 9.36. The highest BCUT2D eigenvalue weighted by molar-refractivity contribution is 9.10. The summed E-state index contributed by atoms with van der Waals surface area (Å²) in [5.41, 5.74) is 2.05. The molecule has 0 spiro atoms. The van der Waals surface area contributed by atoms with Gasteiger partial charge in [-0.15, -0.1) is 0 Å². The van der Waals surface area contributed by atoms with E-state index in [2.05, 4.69) is 32.4 Å². The van der Waals surface area contributed by atoms with Crippen LogP contribution in [0.2, 0.25) is 5.02 Å². The van der Waals surface area contributed by atoms with E-state index < -0.39 is 0 Å². The zero-order chi connectivity index (χ0) is 13.3. The number of hydrogen-bond acceptors (Lipinski definition) is 3. The highest BCUT2D eigenvalue weighted by atomic mass is 79.9. The third kappa shape index (κ3) is 2.35. The molecule has 0 radical (unpaired) electrons. The van der Waals surface area contributed by atoms with Gasteiger partial charge in [-0.25, -0.2) is 0 Å². The van der Waals surface area contributed by atoms with E-state index in [0.717, 1.165) is 10.2 Å². The van der Waals surface area contributed by atoms with Crippen LogP contribution in [0.3, 0.4) is 0 Å². The Morgan fingerprint density at radius 2 is 2.22 bits per heavy atom. The molecule has 2 rings (SSSR count). The van der Waals surface area contributed by atoms with Gasteiger partial charge in [0.25, 0.3) is 0 Å². The van der Waals surface area contributed by atoms with Crippen molar-refractivity contribution in [2.75, 3.05) is 5.32 Å². The summed E-state index contributed by atoms with van der Waals surface area (Å²) in [6.07, 6.45) is 0. The summed E-state index contributed by atoms with van der Waals surface area (Å²) in [6, 6.07) is 7.65. The Balaban J connectivity index is 2.40. The van der Waals surface area contributed by atoms with E-state index in [0.29, 0.717) is 22.1 Å². The van der Waals surface area contributed by atoms with Gasteiger partial charge in [0.05, 0.1) is 10.7 Å². The van der Waals surface area contributed by atoms with Crippen molar-refractivity contribution in [1.82, 2.24) is 9.78 Å². The number of hydrogen-bond donors (Lipinski definition) is 1. The molecular formula is C12H10BrClN4. The maximum Gasteiger partial charge on any atom is 0.146 e. The van der Waals surface area contributed by atoms with Gasteiger partial charge in [0.1, 0.15) is 17.5 Å². The number of nitrogens with zero attached hydrogens (tertiary/aromatic N) is 3. The molecule has 0 aliphatic heterocycles. The summed E-state index contributed by atoms with van der Waals surface area (Å²) in [5, 5.41) is 17.1. The minimum absolute atomic E-state index is 0.538. The topological polar surface area (TPSA) is 53.6 Å². The highest BCUT2D eigenvalue weighted by Crippen LogP contribution is 2.28. The first-order valence-corrected chi connectivity index (χ1v) is 6.35. The van der Waals surface area contributed by atoms with Crippen LogP contribution in [0, 0.1) is 18.3 Å². The standard InChI is InChI=1S/C12H10BrClN4/c1-7-9(6-15)12(18(2)17-7)16-8-3-4-10(13)11(14)5-8/h3-5,16H,1-2H3. The quantitative estimate of drug-likeness (QED) is 0.914. The monoisotopic (exact) mass is 324 g/mol. The lowest BCUT2D eigenvalue weighted by atomic mass is 10.2. The van der Waals surface area contributed by atoms with Gasteiger partial charge >= 0.3 is 0 Å². The Hall–Kier alpha value is -1.51. The summed E-state index contributed by atoms with van der Waals surface area (Å²) in [4.78, 5) is 0. The van der Waals surface area contributed by atoms with E-state index in [4.69, 9.17) is 16.9 Å². The molecular weight excluding hydrogens is 316 g/mol. The summed E-state index contributed by atoms with van der Waals surface area (Å²) in [7, 11) is 1.79. The van der Waals surface area contributed by atoms with Crippen molar-refractivity contribution in [3.05, 3.63) is 39.0 Å². The van der Waals surface area contributed by atoms with Gasteiger partial charge in [0.15, 0.2) is 0 Å². The van der Waals surface area contributed by atoms with Crippen molar-refractivity contribution in [2.24, 2.45) is 7.05 Å². The number of aryl methyl sites for hydroxylation is 2. The van der Waals surface area contributed by atoms with Crippen molar-refractivity contribution in [3.63, 3.8) is 0 Å². The molecule has 0 amide bonds. The third-order valence-electron chi connectivity index (χ3n) is 2.52. The molecule has 0 aliphatic rings. The molecule has 0 fully saturated rings. The highest BCUT2D eigenvalue weighted by Gasteiger charge is 2.13. The van der Waals surface area contributed by atoms with E-state index in [1.54, 1.807) is 24.7 Å². The molecule has 1 N–H and O–H groups in total. The smallest absolute Gasteiger partial charge is 0.146 e. The van der Waals surface area contributed by atoms with Crippen LogP contribution in [-0.4, -0.2) is 9.78 Å². The molecule has 1 aromatic heterocycles. The molecule has 0 unspecified atom stereocenters. The van der Waals surface area contributed by atoms with Crippen molar-refractivity contribution < 1.29 is 0 Å². The Morgan fingerprint density at radius 1 is 1.50 bits per heavy atom. The molecule has 92 valence electrons. The van der Waals surface area contributed by atoms with E-state index in [9.17, 15) is 0 Å². The molecule has 1 aromatic carbocycles. The second-order valence-electron chi connectivity index (χ2n) is 3.80. The van der Waals surface area contributed by atoms with Crippen molar-refractivity contribution in [3.8, 4) is 6.07 Å². The average molecular weight is 326 g/mol. The molecule has 1 heterocycles. The maximum absolute atomic E-state index is 9.11. The number of rotatable bonds is 2. The van der Waals surface area contributed by atoms with Crippen molar-refractivity contribution >= 4 is 39.0 Å². The summed E-state index contributed by atoms with van der Waals surface area (Å²) < 4.78 is 2.47. The van der Waals surface area contributed by atoms with Gasteiger partial charge in [0.2, 0.25) is 0 Å². The average Bonchev–Trinajstić information content (AvgIpc) is 2.58. The first-order chi connectivity index (χ1) is 8.52. The van der Waals surface area contributed by atoms with E-state index in [1.165, 1.54) is 0 Å². The SMILES string of the molecule is Cc1nn(C)c(Nc2ccc(Br)c(Cl)c2)c1C#N. The van der Waals surface area contributed by atoms with Gasteiger partial charge in [-0.3, -0.25) is 4.68 Å². The summed E-state index contributed by atoms with van der Waals surface area (Å²) in [6.45, 7) is 1.80. The second kappa shape index (κ2) is 5.01. The molecule has 0 aliphatic carbocycles. The van der Waals surface area contributed by atoms with Crippen LogP contribution in [0.15, 0.2) is 22.7 Å². The fraction of sp³-hybridized carbons (Fsp3) is 0.167. The Labute approximate surface area is 118 Å². The Morgan fingerprint density at radius 3 is 2.83 bits per heavy atom. The fourth-order valence-corrected chi connectivity index (χ4v) is 2.07. The number of nitriles is 1. The number of nitrogens with one attached hydrogen (secondary N) is 1. The lowest BCUT2D eigenvalue weighted by Gasteiger charge is -2.08. The lowest BCUT2D eigenvalue weighted by molar-refractivity contribution is 0.765. The number of benzene rings is 1. The minimum atomic E-state index is 0.538. The number of aromatic nitrogens is 2. The first-order valence-electron chi connectivity index (χ1n) is 5.18. The second-order valence-corrected chi connectivity index (χ2v) is 5.06. The number of anilines is 2. The third-order valence-corrected chi connectivity index (χ3v) is 3.75. The Kier molecular flexibility index (Phi) is 3.60. The molecule has 18 heavy (non-hydrogen) atoms. The predicted molar refractivity (Wildman–Crippen MR) is 75.1 cm³/mol.